The van der Waals surface area contributed by atoms with Gasteiger partial charge in [0.05, 0.1) is 5.75 Å². The number of carbonyl (C=O) groups is 2. The molecule has 1 heterocycles. The lowest BCUT2D eigenvalue weighted by Crippen LogP contribution is -2.39. The lowest BCUT2D eigenvalue weighted by molar-refractivity contribution is -0.140. The molecule has 0 aliphatic rings. The maximum Gasteiger partial charge on any atom is 0.325 e. The first kappa shape index (κ1) is 14.4. The largest absolute Gasteiger partial charge is 0.480 e. The van der Waals surface area contributed by atoms with Crippen molar-refractivity contribution >= 4 is 23.6 Å². The van der Waals surface area contributed by atoms with Crippen LogP contribution >= 0.6 is 11.8 Å². The van der Waals surface area contributed by atoms with E-state index in [0.717, 1.165) is 11.4 Å². The molecule has 0 aromatic carbocycles. The highest BCUT2D eigenvalue weighted by molar-refractivity contribution is 7.99. The Balaban J connectivity index is 2.50. The van der Waals surface area contributed by atoms with Gasteiger partial charge in [-0.25, -0.2) is 9.97 Å². The van der Waals surface area contributed by atoms with Crippen LogP contribution in [0.25, 0.3) is 0 Å². The maximum absolute atomic E-state index is 11.5. The molecule has 0 aliphatic heterocycles. The molecule has 0 saturated carbocycles. The Morgan fingerprint density at radius 1 is 1.39 bits per heavy atom. The van der Waals surface area contributed by atoms with Gasteiger partial charge in [-0.2, -0.15) is 0 Å². The summed E-state index contributed by atoms with van der Waals surface area (Å²) in [5, 5.41) is 11.5. The maximum atomic E-state index is 11.5. The predicted octanol–water partition coefficient (Wildman–Crippen LogP) is 0.775. The zero-order valence-corrected chi connectivity index (χ0v) is 11.2. The van der Waals surface area contributed by atoms with E-state index in [1.807, 2.05) is 19.9 Å². The van der Waals surface area contributed by atoms with Crippen LogP contribution in [0.5, 0.6) is 0 Å². The summed E-state index contributed by atoms with van der Waals surface area (Å²) in [7, 11) is 0. The van der Waals surface area contributed by atoms with Gasteiger partial charge in [0.2, 0.25) is 5.91 Å². The minimum atomic E-state index is -1.06. The van der Waals surface area contributed by atoms with Crippen LogP contribution < -0.4 is 5.32 Å². The molecule has 0 spiro atoms. The summed E-state index contributed by atoms with van der Waals surface area (Å²) in [5.41, 5.74) is 1.67. The van der Waals surface area contributed by atoms with Crippen LogP contribution in [0.4, 0.5) is 0 Å². The van der Waals surface area contributed by atoms with E-state index in [2.05, 4.69) is 15.3 Å². The molecule has 1 amide bonds. The molecule has 1 aromatic rings. The molecule has 0 bridgehead atoms. The lowest BCUT2D eigenvalue weighted by Gasteiger charge is -2.08. The van der Waals surface area contributed by atoms with Gasteiger partial charge in [-0.15, -0.1) is 0 Å². The highest BCUT2D eigenvalue weighted by Gasteiger charge is 2.14. The number of rotatable bonds is 5. The van der Waals surface area contributed by atoms with Gasteiger partial charge in [0.25, 0.3) is 0 Å². The fourth-order valence-electron chi connectivity index (χ4n) is 1.23. The molecule has 0 aliphatic carbocycles. The molecule has 0 unspecified atom stereocenters. The van der Waals surface area contributed by atoms with Gasteiger partial charge in [0.1, 0.15) is 6.04 Å². The Hall–Kier alpha value is -1.63. The van der Waals surface area contributed by atoms with Crippen molar-refractivity contribution in [3.05, 3.63) is 17.5 Å². The summed E-state index contributed by atoms with van der Waals surface area (Å²) in [6, 6.07) is 0.953. The van der Waals surface area contributed by atoms with E-state index < -0.39 is 12.0 Å². The molecule has 1 atom stereocenters. The number of aliphatic carboxylic acids is 1. The molecule has 98 valence electrons. The van der Waals surface area contributed by atoms with Crippen molar-refractivity contribution in [2.24, 2.45) is 0 Å². The van der Waals surface area contributed by atoms with Crippen molar-refractivity contribution in [2.75, 3.05) is 5.75 Å². The molecule has 6 nitrogen and oxygen atoms in total. The van der Waals surface area contributed by atoms with Gasteiger partial charge >= 0.3 is 5.97 Å². The van der Waals surface area contributed by atoms with Crippen molar-refractivity contribution in [1.29, 1.82) is 0 Å². The highest BCUT2D eigenvalue weighted by Crippen LogP contribution is 2.13. The van der Waals surface area contributed by atoms with Crippen LogP contribution in [0, 0.1) is 13.8 Å². The number of carbonyl (C=O) groups excluding carboxylic acids is 1. The average molecular weight is 269 g/mol. The van der Waals surface area contributed by atoms with Gasteiger partial charge in [-0.3, -0.25) is 9.59 Å². The minimum Gasteiger partial charge on any atom is -0.480 e. The van der Waals surface area contributed by atoms with Crippen molar-refractivity contribution < 1.29 is 14.7 Å². The normalized spacial score (nSPS) is 11.9. The van der Waals surface area contributed by atoms with Gasteiger partial charge in [0.15, 0.2) is 5.16 Å². The number of carboxylic acids is 1. The van der Waals surface area contributed by atoms with E-state index in [1.165, 1.54) is 18.7 Å². The van der Waals surface area contributed by atoms with Crippen LogP contribution in [0.3, 0.4) is 0 Å². The van der Waals surface area contributed by atoms with Crippen molar-refractivity contribution in [3.8, 4) is 0 Å². The molecular weight excluding hydrogens is 254 g/mol. The number of hydrogen-bond donors (Lipinski definition) is 2. The number of aromatic nitrogens is 2. The SMILES string of the molecule is Cc1cc(C)nc(SCC(=O)N[C@@H](C)C(=O)O)n1. The van der Waals surface area contributed by atoms with E-state index >= 15 is 0 Å². The molecule has 0 saturated heterocycles. The lowest BCUT2D eigenvalue weighted by atomic mass is 10.3. The number of aryl methyl sites for hydroxylation is 2. The second-order valence-corrected chi connectivity index (χ2v) is 4.79. The molecule has 0 radical (unpaired) electrons. The topological polar surface area (TPSA) is 92.2 Å². The fraction of sp³-hybridized carbons (Fsp3) is 0.455. The van der Waals surface area contributed by atoms with E-state index in [1.54, 1.807) is 0 Å². The summed E-state index contributed by atoms with van der Waals surface area (Å²) in [6.45, 7) is 5.12. The van der Waals surface area contributed by atoms with Gasteiger partial charge in [-0.1, -0.05) is 11.8 Å². The van der Waals surface area contributed by atoms with E-state index in [9.17, 15) is 9.59 Å². The zero-order chi connectivity index (χ0) is 13.7. The Kier molecular flexibility index (Phi) is 5.08. The minimum absolute atomic E-state index is 0.0977. The third-order valence-corrected chi connectivity index (χ3v) is 2.89. The average Bonchev–Trinajstić information content (AvgIpc) is 2.25. The molecule has 7 heteroatoms. The van der Waals surface area contributed by atoms with E-state index in [0.29, 0.717) is 5.16 Å². The van der Waals surface area contributed by atoms with E-state index in [4.69, 9.17) is 5.11 Å². The number of carboxylic acid groups (broad SMARTS) is 1. The molecule has 0 fully saturated rings. The Morgan fingerprint density at radius 2 is 1.94 bits per heavy atom. The molecule has 1 rings (SSSR count). The van der Waals surface area contributed by atoms with Gasteiger partial charge in [0, 0.05) is 11.4 Å². The van der Waals surface area contributed by atoms with Crippen LogP contribution in [0.1, 0.15) is 18.3 Å². The standard InChI is InChI=1S/C11H15N3O3S/c1-6-4-7(2)13-11(12-6)18-5-9(15)14-8(3)10(16)17/h4,8H,5H2,1-3H3,(H,14,15)(H,16,17)/t8-/m0/s1. The van der Waals surface area contributed by atoms with Crippen LogP contribution in [0.15, 0.2) is 11.2 Å². The highest BCUT2D eigenvalue weighted by atomic mass is 32.2. The third-order valence-electron chi connectivity index (χ3n) is 2.04. The fourth-order valence-corrected chi connectivity index (χ4v) is 1.99. The van der Waals surface area contributed by atoms with Crippen LogP contribution in [-0.4, -0.2) is 38.7 Å². The number of hydrogen-bond acceptors (Lipinski definition) is 5. The number of amides is 1. The van der Waals surface area contributed by atoms with Gasteiger partial charge in [-0.05, 0) is 26.8 Å². The van der Waals surface area contributed by atoms with Crippen LogP contribution in [0.2, 0.25) is 0 Å². The number of nitrogens with one attached hydrogen (secondary N) is 1. The second-order valence-electron chi connectivity index (χ2n) is 3.85. The monoisotopic (exact) mass is 269 g/mol. The van der Waals surface area contributed by atoms with E-state index in [-0.39, 0.29) is 11.7 Å². The molecule has 2 N–H and O–H groups in total. The Bertz CT molecular complexity index is 445. The second kappa shape index (κ2) is 6.34. The molecular formula is C11H15N3O3S. The van der Waals surface area contributed by atoms with Crippen molar-refractivity contribution in [3.63, 3.8) is 0 Å². The summed E-state index contributed by atoms with van der Waals surface area (Å²) < 4.78 is 0. The number of nitrogens with zero attached hydrogens (tertiary/aromatic N) is 2. The predicted molar refractivity (Wildman–Crippen MR) is 67.5 cm³/mol. The molecule has 18 heavy (non-hydrogen) atoms. The van der Waals surface area contributed by atoms with Crippen molar-refractivity contribution in [1.82, 2.24) is 15.3 Å². The summed E-state index contributed by atoms with van der Waals surface area (Å²) in [4.78, 5) is 30.4. The summed E-state index contributed by atoms with van der Waals surface area (Å²) in [5.74, 6) is -1.31. The zero-order valence-electron chi connectivity index (χ0n) is 10.4. The smallest absolute Gasteiger partial charge is 0.325 e. The third kappa shape index (κ3) is 4.70. The first-order valence-electron chi connectivity index (χ1n) is 5.35. The summed E-state index contributed by atoms with van der Waals surface area (Å²) >= 11 is 1.18. The Labute approximate surface area is 109 Å². The first-order valence-corrected chi connectivity index (χ1v) is 6.34. The summed E-state index contributed by atoms with van der Waals surface area (Å²) in [6.07, 6.45) is 0. The van der Waals surface area contributed by atoms with Crippen molar-refractivity contribution in [2.45, 2.75) is 32.0 Å². The first-order chi connectivity index (χ1) is 8.38. The van der Waals surface area contributed by atoms with Gasteiger partial charge < -0.3 is 10.4 Å². The van der Waals surface area contributed by atoms with Crippen LogP contribution in [-0.2, 0) is 9.59 Å². The molecule has 1 aromatic heterocycles. The Morgan fingerprint density at radius 3 is 2.44 bits per heavy atom. The number of thioether (sulfide) groups is 1. The quantitative estimate of drug-likeness (QED) is 0.606.